The number of benzene rings is 2. The molecule has 0 heterocycles. The summed E-state index contributed by atoms with van der Waals surface area (Å²) in [4.78, 5) is 0. The van der Waals surface area contributed by atoms with E-state index in [4.69, 9.17) is 4.74 Å². The van der Waals surface area contributed by atoms with Crippen LogP contribution in [0.5, 0.6) is 5.75 Å². The highest BCUT2D eigenvalue weighted by Crippen LogP contribution is 2.23. The van der Waals surface area contributed by atoms with Crippen LogP contribution in [-0.2, 0) is 13.2 Å². The van der Waals surface area contributed by atoms with Crippen molar-refractivity contribution in [3.63, 3.8) is 0 Å². The Morgan fingerprint density at radius 1 is 1.10 bits per heavy atom. The second-order valence-electron chi connectivity index (χ2n) is 5.21. The summed E-state index contributed by atoms with van der Waals surface area (Å²) in [6, 6.07) is 17.0. The zero-order valence-electron chi connectivity index (χ0n) is 12.0. The van der Waals surface area contributed by atoms with E-state index in [-0.39, 0.29) is 0 Å². The Morgan fingerprint density at radius 2 is 1.85 bits per heavy atom. The molecule has 0 aliphatic rings. The summed E-state index contributed by atoms with van der Waals surface area (Å²) in [5.74, 6) is 0.967. The van der Waals surface area contributed by atoms with Crippen molar-refractivity contribution >= 4 is 15.9 Å². The average Bonchev–Trinajstić information content (AvgIpc) is 2.45. The predicted molar refractivity (Wildman–Crippen MR) is 85.7 cm³/mol. The fraction of sp³-hybridized carbons (Fsp3) is 0.294. The topological polar surface area (TPSA) is 25.8 Å². The van der Waals surface area contributed by atoms with Crippen LogP contribution < -0.4 is 10.1 Å². The van der Waals surface area contributed by atoms with Gasteiger partial charge in [0.25, 0.3) is 0 Å². The van der Waals surface area contributed by atoms with Crippen molar-refractivity contribution in [3.05, 3.63) is 64.1 Å². The van der Waals surface area contributed by atoms with Gasteiger partial charge in [-0.05, 0) is 37.6 Å². The van der Waals surface area contributed by atoms with Crippen LogP contribution >= 0.6 is 15.9 Å². The van der Waals surface area contributed by atoms with E-state index in [2.05, 4.69) is 53.3 Å². The van der Waals surface area contributed by atoms with Crippen LogP contribution in [0.15, 0.2) is 53.0 Å². The standard InChI is InChI=1S/C17H20BrNO/c1-13(2)19-11-15-10-16(18)8-9-17(15)20-12-14-6-4-3-5-7-14/h3-10,13,19H,11-12H2,1-2H3/p+1. The lowest BCUT2D eigenvalue weighted by Crippen LogP contribution is -2.86. The number of nitrogens with two attached hydrogens (primary N) is 1. The molecule has 0 unspecified atom stereocenters. The zero-order valence-corrected chi connectivity index (χ0v) is 13.6. The Kier molecular flexibility index (Phi) is 5.62. The number of hydrogen-bond donors (Lipinski definition) is 1. The van der Waals surface area contributed by atoms with Crippen LogP contribution in [0.25, 0.3) is 0 Å². The maximum absolute atomic E-state index is 5.97. The number of rotatable bonds is 6. The van der Waals surface area contributed by atoms with E-state index in [1.807, 2.05) is 30.3 Å². The van der Waals surface area contributed by atoms with Crippen LogP contribution in [0.4, 0.5) is 0 Å². The van der Waals surface area contributed by atoms with Gasteiger partial charge >= 0.3 is 0 Å². The molecule has 20 heavy (non-hydrogen) atoms. The van der Waals surface area contributed by atoms with E-state index in [1.54, 1.807) is 0 Å². The quantitative estimate of drug-likeness (QED) is 0.859. The SMILES string of the molecule is CC(C)[NH2+]Cc1cc(Br)ccc1OCc1ccccc1. The molecular formula is C17H21BrNO+. The first-order valence-electron chi connectivity index (χ1n) is 6.93. The second-order valence-corrected chi connectivity index (χ2v) is 6.13. The third-order valence-electron chi connectivity index (χ3n) is 3.07. The van der Waals surface area contributed by atoms with Gasteiger partial charge in [0.05, 0.1) is 6.04 Å². The number of halogens is 1. The number of quaternary nitrogens is 1. The number of hydrogen-bond acceptors (Lipinski definition) is 1. The average molecular weight is 335 g/mol. The molecule has 2 aromatic carbocycles. The van der Waals surface area contributed by atoms with Gasteiger partial charge in [0.2, 0.25) is 0 Å². The predicted octanol–water partition coefficient (Wildman–Crippen LogP) is 3.50. The summed E-state index contributed by atoms with van der Waals surface area (Å²) < 4.78 is 7.06. The number of ether oxygens (including phenoxy) is 1. The molecule has 2 rings (SSSR count). The molecule has 2 aromatic rings. The molecule has 0 fully saturated rings. The van der Waals surface area contributed by atoms with Gasteiger partial charge < -0.3 is 10.1 Å². The normalized spacial score (nSPS) is 10.8. The Bertz CT molecular complexity index is 540. The molecule has 0 saturated carbocycles. The molecule has 3 heteroatoms. The molecule has 106 valence electrons. The third kappa shape index (κ3) is 4.66. The molecule has 0 amide bonds. The molecule has 0 spiro atoms. The van der Waals surface area contributed by atoms with E-state index in [0.29, 0.717) is 12.6 Å². The van der Waals surface area contributed by atoms with E-state index in [9.17, 15) is 0 Å². The van der Waals surface area contributed by atoms with Crippen LogP contribution in [0.3, 0.4) is 0 Å². The minimum absolute atomic E-state index is 0.580. The Balaban J connectivity index is 2.06. The third-order valence-corrected chi connectivity index (χ3v) is 3.56. The van der Waals surface area contributed by atoms with Crippen LogP contribution in [0.1, 0.15) is 25.0 Å². The highest BCUT2D eigenvalue weighted by Gasteiger charge is 2.08. The second kappa shape index (κ2) is 7.46. The fourth-order valence-electron chi connectivity index (χ4n) is 1.95. The molecular weight excluding hydrogens is 314 g/mol. The first-order chi connectivity index (χ1) is 9.65. The monoisotopic (exact) mass is 334 g/mol. The van der Waals surface area contributed by atoms with Gasteiger partial charge in [0, 0.05) is 10.0 Å². The highest BCUT2D eigenvalue weighted by molar-refractivity contribution is 9.10. The lowest BCUT2D eigenvalue weighted by molar-refractivity contribution is -0.698. The van der Waals surface area contributed by atoms with Gasteiger partial charge in [-0.3, -0.25) is 0 Å². The molecule has 0 radical (unpaired) electrons. The summed E-state index contributed by atoms with van der Waals surface area (Å²) in [5, 5.41) is 2.30. The van der Waals surface area contributed by atoms with Gasteiger partial charge in [-0.25, -0.2) is 0 Å². The van der Waals surface area contributed by atoms with Crippen LogP contribution in [0.2, 0.25) is 0 Å². The zero-order chi connectivity index (χ0) is 14.4. The maximum Gasteiger partial charge on any atom is 0.128 e. The molecule has 0 aromatic heterocycles. The van der Waals surface area contributed by atoms with Crippen LogP contribution in [-0.4, -0.2) is 6.04 Å². The molecule has 0 bridgehead atoms. The summed E-state index contributed by atoms with van der Waals surface area (Å²) in [5.41, 5.74) is 2.42. The van der Waals surface area contributed by atoms with Crippen molar-refractivity contribution < 1.29 is 10.1 Å². The highest BCUT2D eigenvalue weighted by atomic mass is 79.9. The van der Waals surface area contributed by atoms with E-state index in [1.165, 1.54) is 11.1 Å². The lowest BCUT2D eigenvalue weighted by Gasteiger charge is -2.12. The van der Waals surface area contributed by atoms with Gasteiger partial charge in [-0.2, -0.15) is 0 Å². The molecule has 0 atom stereocenters. The Morgan fingerprint density at radius 3 is 2.55 bits per heavy atom. The molecule has 0 aliphatic heterocycles. The maximum atomic E-state index is 5.97. The van der Waals surface area contributed by atoms with Gasteiger partial charge in [0.15, 0.2) is 0 Å². The van der Waals surface area contributed by atoms with Gasteiger partial charge in [-0.1, -0.05) is 46.3 Å². The largest absolute Gasteiger partial charge is 0.488 e. The Labute approximate surface area is 129 Å². The minimum Gasteiger partial charge on any atom is -0.488 e. The minimum atomic E-state index is 0.580. The molecule has 0 aliphatic carbocycles. The molecule has 2 nitrogen and oxygen atoms in total. The van der Waals surface area contributed by atoms with Crippen molar-refractivity contribution in [1.82, 2.24) is 0 Å². The van der Waals surface area contributed by atoms with E-state index < -0.39 is 0 Å². The molecule has 0 saturated heterocycles. The van der Waals surface area contributed by atoms with E-state index in [0.717, 1.165) is 16.8 Å². The first kappa shape index (κ1) is 15.1. The van der Waals surface area contributed by atoms with Gasteiger partial charge in [-0.15, -0.1) is 0 Å². The summed E-state index contributed by atoms with van der Waals surface area (Å²) in [6.45, 7) is 5.93. The van der Waals surface area contributed by atoms with Crippen molar-refractivity contribution in [2.24, 2.45) is 0 Å². The van der Waals surface area contributed by atoms with E-state index >= 15 is 0 Å². The van der Waals surface area contributed by atoms with Crippen molar-refractivity contribution in [2.45, 2.75) is 33.0 Å². The van der Waals surface area contributed by atoms with Crippen molar-refractivity contribution in [3.8, 4) is 5.75 Å². The summed E-state index contributed by atoms with van der Waals surface area (Å²) in [6.07, 6.45) is 0. The Hall–Kier alpha value is -1.32. The fourth-order valence-corrected chi connectivity index (χ4v) is 2.35. The van der Waals surface area contributed by atoms with Gasteiger partial charge in [0.1, 0.15) is 18.9 Å². The van der Waals surface area contributed by atoms with Crippen molar-refractivity contribution in [2.75, 3.05) is 0 Å². The smallest absolute Gasteiger partial charge is 0.128 e. The first-order valence-corrected chi connectivity index (χ1v) is 7.73. The lowest BCUT2D eigenvalue weighted by atomic mass is 10.2. The molecule has 2 N–H and O–H groups in total. The van der Waals surface area contributed by atoms with Crippen molar-refractivity contribution in [1.29, 1.82) is 0 Å². The summed E-state index contributed by atoms with van der Waals surface area (Å²) in [7, 11) is 0. The van der Waals surface area contributed by atoms with Crippen LogP contribution in [0, 0.1) is 0 Å². The summed E-state index contributed by atoms with van der Waals surface area (Å²) >= 11 is 3.53.